The molecule has 4 amide bonds. The number of amides is 4. The van der Waals surface area contributed by atoms with Crippen molar-refractivity contribution in [2.24, 2.45) is 5.92 Å². The van der Waals surface area contributed by atoms with Gasteiger partial charge in [0.1, 0.15) is 0 Å². The Morgan fingerprint density at radius 2 is 1.79 bits per heavy atom. The van der Waals surface area contributed by atoms with E-state index in [4.69, 9.17) is 0 Å². The summed E-state index contributed by atoms with van der Waals surface area (Å²) < 4.78 is 0. The van der Waals surface area contributed by atoms with Crippen molar-refractivity contribution in [3.8, 4) is 0 Å². The van der Waals surface area contributed by atoms with Crippen LogP contribution in [0.3, 0.4) is 0 Å². The number of urea groups is 1. The predicted octanol–water partition coefficient (Wildman–Crippen LogP) is 0.329. The fourth-order valence-electron chi connectivity index (χ4n) is 3.06. The first kappa shape index (κ1) is 12.4. The molecule has 0 aromatic rings. The van der Waals surface area contributed by atoms with Gasteiger partial charge in [-0.1, -0.05) is 6.42 Å². The van der Waals surface area contributed by atoms with Crippen LogP contribution in [0.2, 0.25) is 0 Å². The zero-order valence-corrected chi connectivity index (χ0v) is 10.9. The summed E-state index contributed by atoms with van der Waals surface area (Å²) in [5, 5.41) is 2.54. The van der Waals surface area contributed by atoms with E-state index in [-0.39, 0.29) is 36.3 Å². The Morgan fingerprint density at radius 1 is 1.11 bits per heavy atom. The second-order valence-electron chi connectivity index (χ2n) is 5.61. The van der Waals surface area contributed by atoms with Gasteiger partial charge in [0.25, 0.3) is 0 Å². The summed E-state index contributed by atoms with van der Waals surface area (Å²) in [6.45, 7) is 1.44. The van der Waals surface area contributed by atoms with Gasteiger partial charge in [0, 0.05) is 25.0 Å². The number of hydrogen-bond acceptors (Lipinski definition) is 3. The van der Waals surface area contributed by atoms with Crippen LogP contribution in [0, 0.1) is 5.92 Å². The third-order valence-corrected chi connectivity index (χ3v) is 4.47. The Bertz CT molecular complexity index is 395. The van der Waals surface area contributed by atoms with Crippen molar-refractivity contribution in [1.82, 2.24) is 15.1 Å². The number of nitrogens with one attached hydrogen (secondary N) is 1. The number of imide groups is 1. The maximum Gasteiger partial charge on any atom is 0.324 e. The van der Waals surface area contributed by atoms with Gasteiger partial charge in [-0.3, -0.25) is 14.5 Å². The van der Waals surface area contributed by atoms with Crippen LogP contribution >= 0.6 is 0 Å². The molecule has 1 aliphatic carbocycles. The molecule has 0 radical (unpaired) electrons. The Kier molecular flexibility index (Phi) is 3.16. The van der Waals surface area contributed by atoms with Crippen LogP contribution in [0.4, 0.5) is 4.79 Å². The highest BCUT2D eigenvalue weighted by Crippen LogP contribution is 2.29. The van der Waals surface area contributed by atoms with Gasteiger partial charge in [-0.25, -0.2) is 4.79 Å². The maximum atomic E-state index is 12.1. The van der Waals surface area contributed by atoms with Crippen molar-refractivity contribution >= 4 is 17.8 Å². The number of rotatable bonds is 2. The number of likely N-dealkylation sites (tertiary alicyclic amines) is 1. The van der Waals surface area contributed by atoms with E-state index in [0.717, 1.165) is 19.3 Å². The minimum Gasteiger partial charge on any atom is -0.342 e. The van der Waals surface area contributed by atoms with Crippen LogP contribution in [-0.2, 0) is 9.59 Å². The largest absolute Gasteiger partial charge is 0.342 e. The summed E-state index contributed by atoms with van der Waals surface area (Å²) in [5.74, 6) is 0.351. The van der Waals surface area contributed by atoms with Gasteiger partial charge >= 0.3 is 6.03 Å². The van der Waals surface area contributed by atoms with Crippen LogP contribution in [0.1, 0.15) is 32.1 Å². The van der Waals surface area contributed by atoms with Crippen molar-refractivity contribution in [3.63, 3.8) is 0 Å². The van der Waals surface area contributed by atoms with Gasteiger partial charge in [-0.15, -0.1) is 0 Å². The van der Waals surface area contributed by atoms with Crippen molar-refractivity contribution in [1.29, 1.82) is 0 Å². The second-order valence-corrected chi connectivity index (χ2v) is 5.61. The lowest BCUT2D eigenvalue weighted by Crippen LogP contribution is -2.50. The molecule has 0 atom stereocenters. The lowest BCUT2D eigenvalue weighted by Gasteiger charge is -2.38. The molecule has 3 aliphatic rings. The normalized spacial score (nSPS) is 25.5. The summed E-state index contributed by atoms with van der Waals surface area (Å²) >= 11 is 0. The van der Waals surface area contributed by atoms with Crippen LogP contribution < -0.4 is 5.32 Å². The van der Waals surface area contributed by atoms with Crippen LogP contribution in [0.15, 0.2) is 0 Å². The molecule has 19 heavy (non-hydrogen) atoms. The first-order valence-corrected chi connectivity index (χ1v) is 7.05. The van der Waals surface area contributed by atoms with Crippen LogP contribution in [0.25, 0.3) is 0 Å². The first-order chi connectivity index (χ1) is 9.16. The van der Waals surface area contributed by atoms with E-state index in [1.54, 1.807) is 0 Å². The molecule has 104 valence electrons. The van der Waals surface area contributed by atoms with Gasteiger partial charge in [0.05, 0.1) is 6.54 Å². The highest BCUT2D eigenvalue weighted by Gasteiger charge is 2.38. The van der Waals surface area contributed by atoms with Crippen LogP contribution in [0.5, 0.6) is 0 Å². The number of hydrogen-bond donors (Lipinski definition) is 1. The first-order valence-electron chi connectivity index (χ1n) is 7.05. The molecule has 1 N–H and O–H groups in total. The van der Waals surface area contributed by atoms with Gasteiger partial charge in [0.2, 0.25) is 11.8 Å². The van der Waals surface area contributed by atoms with Crippen molar-refractivity contribution < 1.29 is 14.4 Å². The Labute approximate surface area is 112 Å². The SMILES string of the molecule is O=C(C1CCC1)N1CCC(N2C(=O)CNC2=O)CC1. The van der Waals surface area contributed by atoms with E-state index >= 15 is 0 Å². The fraction of sp³-hybridized carbons (Fsp3) is 0.769. The zero-order valence-electron chi connectivity index (χ0n) is 10.9. The van der Waals surface area contributed by atoms with E-state index < -0.39 is 0 Å². The number of carbonyl (C=O) groups excluding carboxylic acids is 3. The Hall–Kier alpha value is -1.59. The molecular formula is C13H19N3O3. The van der Waals surface area contributed by atoms with E-state index in [1.807, 2.05) is 4.90 Å². The van der Waals surface area contributed by atoms with Crippen molar-refractivity contribution in [2.45, 2.75) is 38.1 Å². The molecule has 2 saturated heterocycles. The lowest BCUT2D eigenvalue weighted by molar-refractivity contribution is -0.139. The van der Waals surface area contributed by atoms with Gasteiger partial charge in [-0.2, -0.15) is 0 Å². The quantitative estimate of drug-likeness (QED) is 0.731. The number of piperidine rings is 1. The molecule has 0 unspecified atom stereocenters. The molecule has 3 fully saturated rings. The molecule has 6 nitrogen and oxygen atoms in total. The zero-order chi connectivity index (χ0) is 13.4. The highest BCUT2D eigenvalue weighted by atomic mass is 16.2. The van der Waals surface area contributed by atoms with Gasteiger partial charge < -0.3 is 10.2 Å². The molecule has 0 aromatic carbocycles. The molecule has 3 rings (SSSR count). The summed E-state index contributed by atoms with van der Waals surface area (Å²) in [7, 11) is 0. The lowest BCUT2D eigenvalue weighted by atomic mass is 9.84. The monoisotopic (exact) mass is 265 g/mol. The summed E-state index contributed by atoms with van der Waals surface area (Å²) in [6.07, 6.45) is 4.61. The third-order valence-electron chi connectivity index (χ3n) is 4.47. The predicted molar refractivity (Wildman–Crippen MR) is 67.2 cm³/mol. The number of carbonyl (C=O) groups is 3. The molecule has 1 saturated carbocycles. The topological polar surface area (TPSA) is 69.7 Å². The van der Waals surface area contributed by atoms with Crippen molar-refractivity contribution in [3.05, 3.63) is 0 Å². The minimum atomic E-state index is -0.284. The fourth-order valence-corrected chi connectivity index (χ4v) is 3.06. The van der Waals surface area contributed by atoms with Crippen LogP contribution in [-0.4, -0.2) is 53.3 Å². The van der Waals surface area contributed by atoms with Gasteiger partial charge in [0.15, 0.2) is 0 Å². The Morgan fingerprint density at radius 3 is 2.26 bits per heavy atom. The average Bonchev–Trinajstić information content (AvgIpc) is 2.67. The molecule has 2 aliphatic heterocycles. The summed E-state index contributed by atoms with van der Waals surface area (Å²) in [6, 6.07) is -0.325. The summed E-state index contributed by atoms with van der Waals surface area (Å²) in [4.78, 5) is 38.5. The molecule has 6 heteroatoms. The second kappa shape index (κ2) is 4.83. The minimum absolute atomic E-state index is 0.0413. The smallest absolute Gasteiger partial charge is 0.324 e. The van der Waals surface area contributed by atoms with Crippen molar-refractivity contribution in [2.75, 3.05) is 19.6 Å². The van der Waals surface area contributed by atoms with E-state index in [0.29, 0.717) is 25.9 Å². The summed E-state index contributed by atoms with van der Waals surface area (Å²) in [5.41, 5.74) is 0. The van der Waals surface area contributed by atoms with E-state index in [9.17, 15) is 14.4 Å². The van der Waals surface area contributed by atoms with E-state index in [1.165, 1.54) is 4.90 Å². The maximum absolute atomic E-state index is 12.1. The Balaban J connectivity index is 1.55. The highest BCUT2D eigenvalue weighted by molar-refractivity contribution is 6.02. The number of nitrogens with zero attached hydrogens (tertiary/aromatic N) is 2. The van der Waals surface area contributed by atoms with E-state index in [2.05, 4.69) is 5.32 Å². The average molecular weight is 265 g/mol. The molecule has 0 aromatic heterocycles. The molecule has 0 spiro atoms. The van der Waals surface area contributed by atoms with Gasteiger partial charge in [-0.05, 0) is 25.7 Å². The molecular weight excluding hydrogens is 246 g/mol. The molecule has 2 heterocycles. The third kappa shape index (κ3) is 2.19. The molecule has 0 bridgehead atoms. The standard InChI is InChI=1S/C13H19N3O3/c17-11-8-14-13(19)16(11)10-4-6-15(7-5-10)12(18)9-2-1-3-9/h9-10H,1-8H2,(H,14,19).